The van der Waals surface area contributed by atoms with Crippen molar-refractivity contribution in [1.82, 2.24) is 4.90 Å². The van der Waals surface area contributed by atoms with Crippen molar-refractivity contribution in [3.8, 4) is 0 Å². The fourth-order valence-electron chi connectivity index (χ4n) is 2.99. The largest absolute Gasteiger partial charge is 0.293 e. The minimum atomic E-state index is -0.302. The van der Waals surface area contributed by atoms with Crippen LogP contribution in [0.4, 0.5) is 4.79 Å². The summed E-state index contributed by atoms with van der Waals surface area (Å²) < 4.78 is 0. The van der Waals surface area contributed by atoms with E-state index in [0.29, 0.717) is 15.0 Å². The number of thioether (sulfide) groups is 1. The van der Waals surface area contributed by atoms with Crippen molar-refractivity contribution >= 4 is 63.0 Å². The lowest BCUT2D eigenvalue weighted by molar-refractivity contribution is -0.123. The molecule has 1 aliphatic heterocycles. The lowest BCUT2D eigenvalue weighted by Crippen LogP contribution is -2.27. The second-order valence-corrected chi connectivity index (χ2v) is 7.89. The van der Waals surface area contributed by atoms with E-state index in [0.717, 1.165) is 33.7 Å². The van der Waals surface area contributed by atoms with Crippen LogP contribution in [-0.4, -0.2) is 16.0 Å². The first kappa shape index (κ1) is 18.1. The number of benzene rings is 3. The first-order valence-corrected chi connectivity index (χ1v) is 9.77. The lowest BCUT2D eigenvalue weighted by Gasteiger charge is -2.14. The summed E-state index contributed by atoms with van der Waals surface area (Å²) in [7, 11) is 0. The summed E-state index contributed by atoms with van der Waals surface area (Å²) in [5, 5.41) is 2.68. The van der Waals surface area contributed by atoms with Crippen LogP contribution in [0.15, 0.2) is 65.6 Å². The molecule has 134 valence electrons. The zero-order chi connectivity index (χ0) is 19.0. The van der Waals surface area contributed by atoms with E-state index in [9.17, 15) is 9.59 Å². The molecule has 1 heterocycles. The maximum Gasteiger partial charge on any atom is 0.293 e. The monoisotopic (exact) mass is 413 g/mol. The number of hydrogen-bond acceptors (Lipinski definition) is 3. The highest BCUT2D eigenvalue weighted by Crippen LogP contribution is 2.35. The molecule has 0 spiro atoms. The molecule has 3 aromatic carbocycles. The quantitative estimate of drug-likeness (QED) is 0.467. The number of fused-ring (bicyclic) bond motifs is 1. The van der Waals surface area contributed by atoms with Gasteiger partial charge in [-0.25, -0.2) is 0 Å². The van der Waals surface area contributed by atoms with Crippen molar-refractivity contribution in [2.45, 2.75) is 6.54 Å². The molecule has 0 radical (unpaired) electrons. The van der Waals surface area contributed by atoms with Gasteiger partial charge in [-0.3, -0.25) is 14.5 Å². The molecule has 3 aromatic rings. The van der Waals surface area contributed by atoms with Gasteiger partial charge in [0.1, 0.15) is 0 Å². The van der Waals surface area contributed by atoms with Gasteiger partial charge >= 0.3 is 0 Å². The number of amides is 2. The third-order valence-electron chi connectivity index (χ3n) is 4.32. The van der Waals surface area contributed by atoms with Gasteiger partial charge in [-0.15, -0.1) is 0 Å². The standard InChI is InChI=1S/C21H13Cl2NO2S/c22-17-9-8-13(10-18(17)23)11-19-20(25)24(21(26)27-19)12-15-6-3-5-14-4-1-2-7-16(14)15/h1-11H,12H2/b19-11+. The zero-order valence-corrected chi connectivity index (χ0v) is 16.3. The Labute approximate surface area is 170 Å². The average Bonchev–Trinajstić information content (AvgIpc) is 2.92. The number of imide groups is 1. The zero-order valence-electron chi connectivity index (χ0n) is 14.0. The number of nitrogens with zero attached hydrogens (tertiary/aromatic N) is 1. The van der Waals surface area contributed by atoms with Crippen molar-refractivity contribution in [2.24, 2.45) is 0 Å². The number of hydrogen-bond donors (Lipinski definition) is 0. The molecule has 27 heavy (non-hydrogen) atoms. The van der Waals surface area contributed by atoms with E-state index in [1.54, 1.807) is 24.3 Å². The minimum absolute atomic E-state index is 0.241. The molecule has 1 saturated heterocycles. The predicted octanol–water partition coefficient (Wildman–Crippen LogP) is 6.38. The van der Waals surface area contributed by atoms with E-state index in [2.05, 4.69) is 0 Å². The highest BCUT2D eigenvalue weighted by Gasteiger charge is 2.35. The second-order valence-electron chi connectivity index (χ2n) is 6.08. The molecule has 2 amide bonds. The Kier molecular flexibility index (Phi) is 4.96. The van der Waals surface area contributed by atoms with E-state index in [4.69, 9.17) is 23.2 Å². The van der Waals surface area contributed by atoms with Crippen molar-refractivity contribution in [1.29, 1.82) is 0 Å². The summed E-state index contributed by atoms with van der Waals surface area (Å²) in [5.41, 5.74) is 1.66. The summed E-state index contributed by atoms with van der Waals surface area (Å²) in [6.07, 6.45) is 1.66. The molecular weight excluding hydrogens is 401 g/mol. The van der Waals surface area contributed by atoms with Gasteiger partial charge in [0.15, 0.2) is 0 Å². The summed E-state index contributed by atoms with van der Waals surface area (Å²) in [5.74, 6) is -0.302. The Morgan fingerprint density at radius 3 is 2.52 bits per heavy atom. The molecule has 0 aromatic heterocycles. The third-order valence-corrected chi connectivity index (χ3v) is 5.97. The van der Waals surface area contributed by atoms with Gasteiger partial charge in [-0.2, -0.15) is 0 Å². The minimum Gasteiger partial charge on any atom is -0.268 e. The van der Waals surface area contributed by atoms with Gasteiger partial charge in [0.25, 0.3) is 11.1 Å². The summed E-state index contributed by atoms with van der Waals surface area (Å²) in [6.45, 7) is 0.241. The van der Waals surface area contributed by atoms with Crippen LogP contribution in [0.25, 0.3) is 16.8 Å². The number of halogens is 2. The SMILES string of the molecule is O=C1S/C(=C/c2ccc(Cl)c(Cl)c2)C(=O)N1Cc1cccc2ccccc12. The van der Waals surface area contributed by atoms with Crippen LogP contribution in [0.3, 0.4) is 0 Å². The van der Waals surface area contributed by atoms with Crippen molar-refractivity contribution < 1.29 is 9.59 Å². The van der Waals surface area contributed by atoms with Crippen LogP contribution in [0.5, 0.6) is 0 Å². The molecule has 6 heteroatoms. The van der Waals surface area contributed by atoms with Gasteiger partial charge in [-0.1, -0.05) is 71.7 Å². The molecule has 0 saturated carbocycles. The van der Waals surface area contributed by atoms with Gasteiger partial charge in [0.2, 0.25) is 0 Å². The van der Waals surface area contributed by atoms with Gasteiger partial charge in [-0.05, 0) is 51.9 Å². The Hall–Kier alpha value is -2.27. The van der Waals surface area contributed by atoms with E-state index in [1.807, 2.05) is 42.5 Å². The van der Waals surface area contributed by atoms with Crippen LogP contribution in [0.2, 0.25) is 10.0 Å². The second kappa shape index (κ2) is 7.39. The Morgan fingerprint density at radius 1 is 0.926 bits per heavy atom. The highest BCUT2D eigenvalue weighted by atomic mass is 35.5. The van der Waals surface area contributed by atoms with Crippen LogP contribution in [0, 0.1) is 0 Å². The number of rotatable bonds is 3. The van der Waals surface area contributed by atoms with Gasteiger partial charge < -0.3 is 0 Å². The van der Waals surface area contributed by atoms with Crippen LogP contribution in [-0.2, 0) is 11.3 Å². The van der Waals surface area contributed by atoms with Gasteiger partial charge in [0.05, 0.1) is 21.5 Å². The Morgan fingerprint density at radius 2 is 1.70 bits per heavy atom. The van der Waals surface area contributed by atoms with E-state index < -0.39 is 0 Å². The maximum atomic E-state index is 12.8. The van der Waals surface area contributed by atoms with Crippen LogP contribution < -0.4 is 0 Å². The third kappa shape index (κ3) is 3.61. The van der Waals surface area contributed by atoms with Crippen LogP contribution in [0.1, 0.15) is 11.1 Å². The molecule has 1 aliphatic rings. The fraction of sp³-hybridized carbons (Fsp3) is 0.0476. The molecule has 0 bridgehead atoms. The first-order valence-electron chi connectivity index (χ1n) is 8.20. The molecule has 1 fully saturated rings. The normalized spacial score (nSPS) is 15.9. The molecule has 0 N–H and O–H groups in total. The average molecular weight is 414 g/mol. The van der Waals surface area contributed by atoms with Crippen molar-refractivity contribution in [2.75, 3.05) is 0 Å². The van der Waals surface area contributed by atoms with E-state index >= 15 is 0 Å². The summed E-state index contributed by atoms with van der Waals surface area (Å²) in [6, 6.07) is 18.9. The molecule has 0 aliphatic carbocycles. The number of carbonyl (C=O) groups is 2. The Bertz CT molecular complexity index is 1110. The Balaban J connectivity index is 1.63. The van der Waals surface area contributed by atoms with Crippen LogP contribution >= 0.6 is 35.0 Å². The topological polar surface area (TPSA) is 37.4 Å². The number of carbonyl (C=O) groups excluding carboxylic acids is 2. The molecule has 4 rings (SSSR count). The highest BCUT2D eigenvalue weighted by molar-refractivity contribution is 8.18. The first-order chi connectivity index (χ1) is 13.0. The summed E-state index contributed by atoms with van der Waals surface area (Å²) >= 11 is 12.9. The lowest BCUT2D eigenvalue weighted by atomic mass is 10.0. The fourth-order valence-corrected chi connectivity index (χ4v) is 4.14. The maximum absolute atomic E-state index is 12.8. The predicted molar refractivity (Wildman–Crippen MR) is 112 cm³/mol. The molecule has 3 nitrogen and oxygen atoms in total. The van der Waals surface area contributed by atoms with E-state index in [1.165, 1.54) is 4.90 Å². The molecular formula is C21H13Cl2NO2S. The molecule has 0 unspecified atom stereocenters. The smallest absolute Gasteiger partial charge is 0.268 e. The van der Waals surface area contributed by atoms with Gasteiger partial charge in [0, 0.05) is 0 Å². The van der Waals surface area contributed by atoms with Crippen molar-refractivity contribution in [3.63, 3.8) is 0 Å². The molecule has 0 atom stereocenters. The van der Waals surface area contributed by atoms with E-state index in [-0.39, 0.29) is 17.7 Å². The summed E-state index contributed by atoms with van der Waals surface area (Å²) in [4.78, 5) is 26.8. The van der Waals surface area contributed by atoms with Crippen molar-refractivity contribution in [3.05, 3.63) is 86.7 Å².